The van der Waals surface area contributed by atoms with Gasteiger partial charge in [-0.1, -0.05) is 38.8 Å². The second-order valence-corrected chi connectivity index (χ2v) is 11.4. The Kier molecular flexibility index (Phi) is 6.03. The van der Waals surface area contributed by atoms with Gasteiger partial charge in [0, 0.05) is 12.6 Å². The molecule has 4 aliphatic rings. The Balaban J connectivity index is 1.36. The van der Waals surface area contributed by atoms with E-state index in [2.05, 4.69) is 25.8 Å². The highest BCUT2D eigenvalue weighted by molar-refractivity contribution is 6.33. The van der Waals surface area contributed by atoms with Gasteiger partial charge in [-0.3, -0.25) is 9.59 Å². The van der Waals surface area contributed by atoms with Crippen LogP contribution in [0.4, 0.5) is 10.5 Å². The Labute approximate surface area is 210 Å². The summed E-state index contributed by atoms with van der Waals surface area (Å²) in [6.07, 6.45) is 4.58. The van der Waals surface area contributed by atoms with Crippen LogP contribution >= 0.6 is 11.6 Å². The molecule has 2 saturated heterocycles. The van der Waals surface area contributed by atoms with E-state index in [0.29, 0.717) is 42.0 Å². The molecule has 0 aromatic carbocycles. The van der Waals surface area contributed by atoms with Gasteiger partial charge in [-0.25, -0.2) is 14.7 Å². The Hall–Kier alpha value is -2.66. The second kappa shape index (κ2) is 8.77. The minimum atomic E-state index is -0.589. The molecule has 3 heterocycles. The number of amides is 3. The van der Waals surface area contributed by atoms with Crippen LogP contribution in [0.5, 0.6) is 0 Å². The maximum Gasteiger partial charge on any atom is 0.410 e. The Morgan fingerprint density at radius 3 is 2.63 bits per heavy atom. The van der Waals surface area contributed by atoms with Crippen LogP contribution < -0.4 is 4.90 Å². The molecule has 1 aromatic heterocycles. The summed E-state index contributed by atoms with van der Waals surface area (Å²) in [6, 6.07) is 1.57. The van der Waals surface area contributed by atoms with Crippen LogP contribution in [-0.4, -0.2) is 46.5 Å². The number of rotatable bonds is 3. The number of hydrogen-bond acceptors (Lipinski definition) is 6. The molecule has 7 atom stereocenters. The molecule has 8 nitrogen and oxygen atoms in total. The van der Waals surface area contributed by atoms with E-state index in [1.807, 2.05) is 6.07 Å². The van der Waals surface area contributed by atoms with E-state index in [0.717, 1.165) is 24.2 Å². The van der Waals surface area contributed by atoms with Crippen molar-refractivity contribution in [1.29, 1.82) is 5.26 Å². The van der Waals surface area contributed by atoms with Gasteiger partial charge < -0.3 is 9.64 Å². The summed E-state index contributed by atoms with van der Waals surface area (Å²) in [4.78, 5) is 47.1. The number of likely N-dealkylation sites (tertiary alicyclic amines) is 1. The lowest BCUT2D eigenvalue weighted by molar-refractivity contribution is -0.123. The summed E-state index contributed by atoms with van der Waals surface area (Å²) in [7, 11) is 0. The fourth-order valence-corrected chi connectivity index (χ4v) is 7.07. The van der Waals surface area contributed by atoms with Crippen LogP contribution in [0.3, 0.4) is 0 Å². The minimum Gasteiger partial charge on any atom is -0.446 e. The summed E-state index contributed by atoms with van der Waals surface area (Å²) >= 11 is 6.26. The van der Waals surface area contributed by atoms with Crippen molar-refractivity contribution in [2.75, 3.05) is 11.4 Å². The van der Waals surface area contributed by atoms with E-state index in [1.165, 1.54) is 6.20 Å². The molecule has 0 unspecified atom stereocenters. The molecule has 2 saturated carbocycles. The maximum absolute atomic E-state index is 13.5. The van der Waals surface area contributed by atoms with Crippen molar-refractivity contribution in [2.24, 2.45) is 35.5 Å². The van der Waals surface area contributed by atoms with Gasteiger partial charge in [0.05, 0.1) is 28.7 Å². The zero-order chi connectivity index (χ0) is 25.2. The number of piperidine rings is 1. The van der Waals surface area contributed by atoms with Gasteiger partial charge in [0.25, 0.3) is 0 Å². The van der Waals surface area contributed by atoms with Gasteiger partial charge in [0.15, 0.2) is 5.69 Å². The third-order valence-corrected chi connectivity index (χ3v) is 9.19. The van der Waals surface area contributed by atoms with Gasteiger partial charge in [0.1, 0.15) is 12.2 Å². The van der Waals surface area contributed by atoms with Crippen LogP contribution in [0.15, 0.2) is 6.20 Å². The fraction of sp³-hybridized carbons (Fsp3) is 0.654. The first-order chi connectivity index (χ1) is 16.6. The van der Waals surface area contributed by atoms with Gasteiger partial charge in [-0.15, -0.1) is 0 Å². The third kappa shape index (κ3) is 3.70. The largest absolute Gasteiger partial charge is 0.446 e. The van der Waals surface area contributed by atoms with E-state index in [-0.39, 0.29) is 46.7 Å². The van der Waals surface area contributed by atoms with Crippen molar-refractivity contribution in [3.63, 3.8) is 0 Å². The molecule has 5 rings (SSSR count). The van der Waals surface area contributed by atoms with Gasteiger partial charge >= 0.3 is 6.09 Å². The summed E-state index contributed by atoms with van der Waals surface area (Å²) in [5.41, 5.74) is 0.829. The SMILES string of the molecule is Cc1c(N2C(=O)[C@@H]3[C@@H]4C[C@@H]([C@@H]3C2=O)N(C(=O)O[C@@H]2C[C@H](C)CC[C@H]2C(C)C)C4)cnc(C#N)c1Cl. The number of nitriles is 1. The summed E-state index contributed by atoms with van der Waals surface area (Å²) < 4.78 is 6.07. The van der Waals surface area contributed by atoms with Gasteiger partial charge in [-0.05, 0) is 55.4 Å². The second-order valence-electron chi connectivity index (χ2n) is 11.1. The number of fused-ring (bicyclic) bond motifs is 5. The number of halogens is 1. The molecule has 35 heavy (non-hydrogen) atoms. The topological polar surface area (TPSA) is 104 Å². The molecule has 2 aliphatic heterocycles. The molecule has 1 aromatic rings. The average molecular weight is 499 g/mol. The molecule has 0 radical (unpaired) electrons. The van der Waals surface area contributed by atoms with Crippen molar-refractivity contribution in [3.05, 3.63) is 22.5 Å². The van der Waals surface area contributed by atoms with Crippen molar-refractivity contribution < 1.29 is 19.1 Å². The fourth-order valence-electron chi connectivity index (χ4n) is 6.88. The Morgan fingerprint density at radius 1 is 1.23 bits per heavy atom. The van der Waals surface area contributed by atoms with Crippen molar-refractivity contribution >= 4 is 35.2 Å². The summed E-state index contributed by atoms with van der Waals surface area (Å²) in [6.45, 7) is 8.64. The minimum absolute atomic E-state index is 0.0536. The highest BCUT2D eigenvalue weighted by Gasteiger charge is 2.65. The predicted octanol–water partition coefficient (Wildman–Crippen LogP) is 4.32. The standard InChI is InChI=1S/C26H31ClN4O4/c1-12(2)16-6-5-13(3)7-20(16)35-26(34)30-11-15-8-18(30)22-21(15)24(32)31(25(22)33)19-10-29-17(9-28)23(27)14(19)4/h10,12-13,15-16,18,20-22H,5-8,11H2,1-4H3/t13-,15-,16+,18+,20-,21-,22+/m1/s1. The number of nitrogens with zero attached hydrogens (tertiary/aromatic N) is 4. The van der Waals surface area contributed by atoms with Crippen LogP contribution in [0.1, 0.15) is 57.7 Å². The number of anilines is 1. The van der Waals surface area contributed by atoms with E-state index in [4.69, 9.17) is 16.3 Å². The normalized spacial score (nSPS) is 33.9. The first-order valence-electron chi connectivity index (χ1n) is 12.5. The summed E-state index contributed by atoms with van der Waals surface area (Å²) in [5, 5.41) is 9.31. The van der Waals surface area contributed by atoms with E-state index in [9.17, 15) is 19.6 Å². The van der Waals surface area contributed by atoms with Gasteiger partial charge in [0.2, 0.25) is 11.8 Å². The zero-order valence-electron chi connectivity index (χ0n) is 20.5. The number of aromatic nitrogens is 1. The average Bonchev–Trinajstić information content (AvgIpc) is 3.47. The number of pyridine rings is 1. The van der Waals surface area contributed by atoms with Gasteiger partial charge in [-0.2, -0.15) is 5.26 Å². The number of hydrogen-bond donors (Lipinski definition) is 0. The highest BCUT2D eigenvalue weighted by atomic mass is 35.5. The molecule has 2 aliphatic carbocycles. The number of ether oxygens (including phenoxy) is 1. The van der Waals surface area contributed by atoms with Crippen molar-refractivity contribution in [2.45, 2.75) is 65.5 Å². The summed E-state index contributed by atoms with van der Waals surface area (Å²) in [5.74, 6) is -0.442. The number of imide groups is 1. The van der Waals surface area contributed by atoms with Crippen LogP contribution in [-0.2, 0) is 14.3 Å². The Bertz CT molecular complexity index is 1130. The molecular formula is C26H31ClN4O4. The van der Waals surface area contributed by atoms with E-state index in [1.54, 1.807) is 11.8 Å². The maximum atomic E-state index is 13.5. The van der Waals surface area contributed by atoms with Crippen LogP contribution in [0, 0.1) is 53.8 Å². The van der Waals surface area contributed by atoms with E-state index >= 15 is 0 Å². The first-order valence-corrected chi connectivity index (χ1v) is 12.9. The van der Waals surface area contributed by atoms with E-state index < -0.39 is 11.8 Å². The first kappa shape index (κ1) is 24.1. The third-order valence-electron chi connectivity index (χ3n) is 8.73. The monoisotopic (exact) mass is 498 g/mol. The molecule has 186 valence electrons. The lowest BCUT2D eigenvalue weighted by atomic mass is 9.75. The molecule has 2 bridgehead atoms. The molecule has 0 spiro atoms. The van der Waals surface area contributed by atoms with Crippen molar-refractivity contribution in [1.82, 2.24) is 9.88 Å². The van der Waals surface area contributed by atoms with Crippen LogP contribution in [0.2, 0.25) is 5.02 Å². The molecule has 4 fully saturated rings. The molecular weight excluding hydrogens is 468 g/mol. The quantitative estimate of drug-likeness (QED) is 0.575. The smallest absolute Gasteiger partial charge is 0.410 e. The Morgan fingerprint density at radius 2 is 1.94 bits per heavy atom. The molecule has 3 amide bonds. The lowest BCUT2D eigenvalue weighted by Gasteiger charge is -2.39. The highest BCUT2D eigenvalue weighted by Crippen LogP contribution is 2.52. The zero-order valence-corrected chi connectivity index (χ0v) is 21.3. The predicted molar refractivity (Wildman–Crippen MR) is 128 cm³/mol. The molecule has 0 N–H and O–H groups in total. The number of carbonyl (C=O) groups excluding carboxylic acids is 3. The van der Waals surface area contributed by atoms with Crippen LogP contribution in [0.25, 0.3) is 0 Å². The lowest BCUT2D eigenvalue weighted by Crippen LogP contribution is -2.49. The van der Waals surface area contributed by atoms with Crippen molar-refractivity contribution in [3.8, 4) is 6.07 Å². The number of carbonyl (C=O) groups is 3. The molecule has 9 heteroatoms.